The number of nitrogens with zero attached hydrogens (tertiary/aromatic N) is 2. The van der Waals surface area contributed by atoms with E-state index < -0.39 is 35.8 Å². The molecule has 3 aliphatic rings. The summed E-state index contributed by atoms with van der Waals surface area (Å²) in [6.45, 7) is 0.934. The molecule has 0 bridgehead atoms. The molecule has 7 heteroatoms. The summed E-state index contributed by atoms with van der Waals surface area (Å²) in [6.07, 6.45) is 5.35. The molecule has 0 spiro atoms. The van der Waals surface area contributed by atoms with Gasteiger partial charge < -0.3 is 4.90 Å². The fraction of sp³-hybridized carbons (Fsp3) is 0.704. The van der Waals surface area contributed by atoms with Crippen molar-refractivity contribution in [2.45, 2.75) is 91.2 Å². The highest BCUT2D eigenvalue weighted by Gasteiger charge is 2.49. The third-order valence-corrected chi connectivity index (χ3v) is 8.22. The number of halogens is 4. The van der Waals surface area contributed by atoms with E-state index in [9.17, 15) is 18.0 Å². The van der Waals surface area contributed by atoms with Gasteiger partial charge in [0.15, 0.2) is 0 Å². The van der Waals surface area contributed by atoms with Crippen LogP contribution in [0.5, 0.6) is 0 Å². The van der Waals surface area contributed by atoms with Gasteiger partial charge in [0.25, 0.3) is 0 Å². The molecule has 34 heavy (non-hydrogen) atoms. The Labute approximate surface area is 213 Å². The lowest BCUT2D eigenvalue weighted by Gasteiger charge is -2.39. The van der Waals surface area contributed by atoms with E-state index >= 15 is 0 Å². The van der Waals surface area contributed by atoms with Crippen LogP contribution in [-0.4, -0.2) is 22.3 Å². The monoisotopic (exact) mass is 502 g/mol. The summed E-state index contributed by atoms with van der Waals surface area (Å²) in [5.41, 5.74) is 0.0670. The maximum atomic E-state index is 14.1. The third kappa shape index (κ3) is 5.47. The van der Waals surface area contributed by atoms with E-state index in [-0.39, 0.29) is 31.4 Å². The molecule has 1 aliphatic heterocycles. The number of pyridine rings is 1. The van der Waals surface area contributed by atoms with Crippen LogP contribution in [0.15, 0.2) is 23.9 Å². The van der Waals surface area contributed by atoms with E-state index in [1.165, 1.54) is 17.4 Å². The Hall–Kier alpha value is -1.56. The number of aromatic nitrogens is 1. The first kappa shape index (κ1) is 21.7. The van der Waals surface area contributed by atoms with Crippen molar-refractivity contribution >= 4 is 18.3 Å². The molecule has 0 N–H and O–H groups in total. The first-order chi connectivity index (χ1) is 17.2. The number of carbonyl (C=O) groups excluding carboxylic acids is 1. The van der Waals surface area contributed by atoms with E-state index in [1.54, 1.807) is 0 Å². The molecule has 0 radical (unpaired) electrons. The van der Waals surface area contributed by atoms with Crippen molar-refractivity contribution < 1.29 is 23.4 Å². The average molecular weight is 503 g/mol. The number of alkyl halides is 3. The summed E-state index contributed by atoms with van der Waals surface area (Å²) < 4.78 is 73.3. The number of allylic oxidation sites excluding steroid dienone is 2. The maximum absolute atomic E-state index is 14.1. The second-order valence-corrected chi connectivity index (χ2v) is 10.2. The second-order valence-electron chi connectivity index (χ2n) is 10.2. The van der Waals surface area contributed by atoms with Gasteiger partial charge in [0.2, 0.25) is 5.91 Å². The molecule has 2 heterocycles. The quantitative estimate of drug-likeness (QED) is 0.402. The van der Waals surface area contributed by atoms with Crippen LogP contribution in [0.2, 0.25) is 0 Å². The summed E-state index contributed by atoms with van der Waals surface area (Å²) in [4.78, 5) is 19.6. The summed E-state index contributed by atoms with van der Waals surface area (Å²) in [5.74, 6) is -1.74. The van der Waals surface area contributed by atoms with Crippen molar-refractivity contribution in [3.8, 4) is 0 Å². The molecule has 0 saturated heterocycles. The van der Waals surface area contributed by atoms with Crippen molar-refractivity contribution in [1.82, 2.24) is 9.88 Å². The fourth-order valence-corrected chi connectivity index (χ4v) is 6.15. The predicted octanol–water partition coefficient (Wildman–Crippen LogP) is 7.38. The maximum Gasteiger partial charge on any atom is 0.417 e. The van der Waals surface area contributed by atoms with Crippen LogP contribution in [0.1, 0.15) is 94.4 Å². The van der Waals surface area contributed by atoms with E-state index in [0.717, 1.165) is 44.4 Å². The van der Waals surface area contributed by atoms with Gasteiger partial charge in [-0.2, -0.15) is 13.2 Å². The van der Waals surface area contributed by atoms with Crippen LogP contribution in [-0.2, 0) is 23.9 Å². The minimum atomic E-state index is -4.54. The molecule has 1 aromatic rings. The molecule has 190 valence electrons. The van der Waals surface area contributed by atoms with Crippen molar-refractivity contribution in [2.24, 2.45) is 23.1 Å². The molecule has 3 nitrogen and oxygen atoms in total. The van der Waals surface area contributed by atoms with Crippen LogP contribution >= 0.6 is 12.4 Å². The number of fused-ring (bicyclic) bond motifs is 1. The summed E-state index contributed by atoms with van der Waals surface area (Å²) in [6, 6.07) is 1.04. The van der Waals surface area contributed by atoms with E-state index in [1.807, 2.05) is 0 Å². The number of amides is 1. The minimum Gasteiger partial charge on any atom is -0.337 e. The second kappa shape index (κ2) is 10.6. The Kier molecular flexibility index (Phi) is 6.76. The molecule has 2 saturated carbocycles. The fourth-order valence-electron chi connectivity index (χ4n) is 6.15. The van der Waals surface area contributed by atoms with Crippen LogP contribution in [0, 0.1) is 23.1 Å². The predicted molar refractivity (Wildman–Crippen MR) is 131 cm³/mol. The lowest BCUT2D eigenvalue weighted by atomic mass is 9.72. The standard InChI is InChI=1S/C27H37F3N2O.ClH/c1-4-19-5-7-20(8-6-19)13-21-9-11-26(15-21,18(2)3)25(33)32-12-10-24-22(17-32)14-23(16-31-24)27(28,29)30;/h4,14,16,18,20-21H,5-13,15,17H2,1-3H3;1H/t20?,21-,26-;/m0./s1/i2D3,18D;/t18?,20?,21-,26-;. The third-order valence-electron chi connectivity index (χ3n) is 8.22. The van der Waals surface area contributed by atoms with Gasteiger partial charge in [0.05, 0.1) is 11.0 Å². The van der Waals surface area contributed by atoms with Crippen molar-refractivity contribution in [1.29, 1.82) is 0 Å². The van der Waals surface area contributed by atoms with Crippen molar-refractivity contribution in [2.75, 3.05) is 6.54 Å². The van der Waals surface area contributed by atoms with Gasteiger partial charge in [0, 0.05) is 36.9 Å². The Morgan fingerprint density at radius 1 is 1.32 bits per heavy atom. The minimum absolute atomic E-state index is 0. The zero-order valence-corrected chi connectivity index (χ0v) is 20.8. The lowest BCUT2D eigenvalue weighted by Crippen LogP contribution is -2.47. The summed E-state index contributed by atoms with van der Waals surface area (Å²) in [7, 11) is 0. The molecule has 2 aliphatic carbocycles. The van der Waals surface area contributed by atoms with Crippen LogP contribution < -0.4 is 0 Å². The molecule has 1 unspecified atom stereocenters. The molecule has 2 fully saturated rings. The molecule has 1 aromatic heterocycles. The summed E-state index contributed by atoms with van der Waals surface area (Å²) >= 11 is 0. The first-order valence-corrected chi connectivity index (χ1v) is 12.2. The molecular formula is C27H38ClF3N2O. The van der Waals surface area contributed by atoms with E-state index in [2.05, 4.69) is 18.0 Å². The molecule has 1 amide bonds. The van der Waals surface area contributed by atoms with Crippen molar-refractivity contribution in [3.05, 3.63) is 40.7 Å². The van der Waals surface area contributed by atoms with Gasteiger partial charge in [-0.05, 0) is 87.6 Å². The molecule has 4 rings (SSSR count). The highest BCUT2D eigenvalue weighted by atomic mass is 35.5. The number of rotatable bonds is 4. The smallest absolute Gasteiger partial charge is 0.337 e. The number of carbonyl (C=O) groups is 1. The Morgan fingerprint density at radius 3 is 2.71 bits per heavy atom. The number of hydrogen-bond donors (Lipinski definition) is 0. The average Bonchev–Trinajstić information content (AvgIpc) is 3.27. The van der Waals surface area contributed by atoms with Gasteiger partial charge in [0.1, 0.15) is 0 Å². The van der Waals surface area contributed by atoms with Gasteiger partial charge >= 0.3 is 6.18 Å². The molecule has 3 atom stereocenters. The highest BCUT2D eigenvalue weighted by molar-refractivity contribution is 5.85. The van der Waals surface area contributed by atoms with Crippen LogP contribution in [0.4, 0.5) is 13.2 Å². The largest absolute Gasteiger partial charge is 0.417 e. The zero-order valence-electron chi connectivity index (χ0n) is 24.0. The molecular weight excluding hydrogens is 461 g/mol. The topological polar surface area (TPSA) is 33.2 Å². The summed E-state index contributed by atoms with van der Waals surface area (Å²) in [5, 5.41) is 0. The van der Waals surface area contributed by atoms with Gasteiger partial charge in [-0.3, -0.25) is 9.78 Å². The SMILES string of the molecule is Cl.[2H]C([2H])([2H])C([2H])(C)[C@]1(C(=O)N2CCc3ncc(C(F)(F)F)cc3C2)CC[C@@H](CC2CCC(=CC)CC2)C1. The first-order valence-electron chi connectivity index (χ1n) is 14.2. The normalized spacial score (nSPS) is 31.2. The lowest BCUT2D eigenvalue weighted by molar-refractivity contribution is -0.146. The van der Waals surface area contributed by atoms with Gasteiger partial charge in [-0.1, -0.05) is 25.4 Å². The van der Waals surface area contributed by atoms with E-state index in [0.29, 0.717) is 42.9 Å². The van der Waals surface area contributed by atoms with E-state index in [4.69, 9.17) is 5.48 Å². The highest BCUT2D eigenvalue weighted by Crippen LogP contribution is 2.51. The molecule has 0 aromatic carbocycles. The number of hydrogen-bond acceptors (Lipinski definition) is 2. The van der Waals surface area contributed by atoms with Crippen LogP contribution in [0.3, 0.4) is 0 Å². The van der Waals surface area contributed by atoms with Gasteiger partial charge in [-0.15, -0.1) is 12.4 Å². The Bertz CT molecular complexity index is 1050. The van der Waals surface area contributed by atoms with Crippen molar-refractivity contribution in [3.63, 3.8) is 0 Å². The Morgan fingerprint density at radius 2 is 2.06 bits per heavy atom. The Balaban J connectivity index is 0.00000400. The van der Waals surface area contributed by atoms with Crippen LogP contribution in [0.25, 0.3) is 0 Å². The zero-order chi connectivity index (χ0) is 27.2. The van der Waals surface area contributed by atoms with Gasteiger partial charge in [-0.25, -0.2) is 0 Å².